The smallest absolute Gasteiger partial charge is 0.269 e. The van der Waals surface area contributed by atoms with E-state index < -0.39 is 0 Å². The van der Waals surface area contributed by atoms with Crippen LogP contribution in [-0.4, -0.2) is 47.2 Å². The van der Waals surface area contributed by atoms with Crippen molar-refractivity contribution in [2.45, 2.75) is 13.8 Å². The van der Waals surface area contributed by atoms with E-state index >= 15 is 0 Å². The number of benzene rings is 1. The number of halogens is 1. The van der Waals surface area contributed by atoms with Gasteiger partial charge in [0.15, 0.2) is 0 Å². The molecule has 0 aliphatic rings. The summed E-state index contributed by atoms with van der Waals surface area (Å²) in [7, 11) is 0. The van der Waals surface area contributed by atoms with Gasteiger partial charge in [-0.2, -0.15) is 5.10 Å². The van der Waals surface area contributed by atoms with Gasteiger partial charge in [-0.05, 0) is 31.3 Å². The molecule has 2 rings (SSSR count). The fourth-order valence-electron chi connectivity index (χ4n) is 2.17. The number of amides is 1. The van der Waals surface area contributed by atoms with Gasteiger partial charge < -0.3 is 10.2 Å². The third-order valence-electron chi connectivity index (χ3n) is 3.57. The molecule has 0 saturated heterocycles. The third kappa shape index (κ3) is 4.32. The highest BCUT2D eigenvalue weighted by atomic mass is 35.5. The fraction of sp³-hybridized carbons (Fsp3) is 0.375. The van der Waals surface area contributed by atoms with Gasteiger partial charge in [-0.15, -0.1) is 0 Å². The minimum Gasteiger partial charge on any atom is -0.349 e. The predicted octanol–water partition coefficient (Wildman–Crippen LogP) is 2.80. The van der Waals surface area contributed by atoms with E-state index in [1.807, 2.05) is 12.1 Å². The van der Waals surface area contributed by atoms with Gasteiger partial charge in [0, 0.05) is 23.7 Å². The molecule has 0 unspecified atom stereocenters. The second-order valence-electron chi connectivity index (χ2n) is 4.96. The van der Waals surface area contributed by atoms with E-state index in [0.29, 0.717) is 17.3 Å². The van der Waals surface area contributed by atoms with Crippen LogP contribution in [0.25, 0.3) is 11.3 Å². The number of hydrogen-bond acceptors (Lipinski definition) is 3. The monoisotopic (exact) mass is 320 g/mol. The van der Waals surface area contributed by atoms with Crippen molar-refractivity contribution in [2.24, 2.45) is 0 Å². The van der Waals surface area contributed by atoms with Crippen molar-refractivity contribution in [2.75, 3.05) is 26.2 Å². The molecule has 0 radical (unpaired) electrons. The van der Waals surface area contributed by atoms with Crippen LogP contribution in [0.3, 0.4) is 0 Å². The van der Waals surface area contributed by atoms with Crippen LogP contribution in [0, 0.1) is 0 Å². The van der Waals surface area contributed by atoms with Crippen molar-refractivity contribution in [3.63, 3.8) is 0 Å². The number of nitrogens with zero attached hydrogens (tertiary/aromatic N) is 2. The van der Waals surface area contributed by atoms with E-state index in [1.54, 1.807) is 18.2 Å². The summed E-state index contributed by atoms with van der Waals surface area (Å²) in [5.41, 5.74) is 2.11. The van der Waals surface area contributed by atoms with Crippen molar-refractivity contribution in [1.29, 1.82) is 0 Å². The molecular weight excluding hydrogens is 300 g/mol. The Morgan fingerprint density at radius 3 is 2.59 bits per heavy atom. The quantitative estimate of drug-likeness (QED) is 0.824. The van der Waals surface area contributed by atoms with Crippen LogP contribution in [0.15, 0.2) is 30.3 Å². The maximum Gasteiger partial charge on any atom is 0.269 e. The van der Waals surface area contributed by atoms with Gasteiger partial charge in [-0.3, -0.25) is 9.89 Å². The van der Waals surface area contributed by atoms with Crippen LogP contribution in [0.4, 0.5) is 0 Å². The van der Waals surface area contributed by atoms with Crippen LogP contribution in [-0.2, 0) is 0 Å². The Morgan fingerprint density at radius 1 is 1.27 bits per heavy atom. The molecule has 0 atom stereocenters. The maximum absolute atomic E-state index is 12.1. The van der Waals surface area contributed by atoms with E-state index in [4.69, 9.17) is 11.6 Å². The van der Waals surface area contributed by atoms with Crippen molar-refractivity contribution in [3.05, 3.63) is 41.0 Å². The number of H-pyrrole nitrogens is 1. The molecule has 22 heavy (non-hydrogen) atoms. The lowest BCUT2D eigenvalue weighted by atomic mass is 10.1. The Bertz CT molecular complexity index is 605. The summed E-state index contributed by atoms with van der Waals surface area (Å²) in [6, 6.07) is 9.10. The zero-order valence-corrected chi connectivity index (χ0v) is 13.7. The van der Waals surface area contributed by atoms with Crippen LogP contribution < -0.4 is 5.32 Å². The normalized spacial score (nSPS) is 10.9. The summed E-state index contributed by atoms with van der Waals surface area (Å²) in [6.07, 6.45) is 0. The summed E-state index contributed by atoms with van der Waals surface area (Å²) in [4.78, 5) is 14.3. The molecule has 2 aromatic rings. The lowest BCUT2D eigenvalue weighted by molar-refractivity contribution is 0.0944. The van der Waals surface area contributed by atoms with Crippen LogP contribution in [0.1, 0.15) is 24.3 Å². The molecule has 0 aliphatic heterocycles. The molecule has 2 N–H and O–H groups in total. The van der Waals surface area contributed by atoms with Gasteiger partial charge in [-0.1, -0.05) is 37.6 Å². The predicted molar refractivity (Wildman–Crippen MR) is 89.2 cm³/mol. The maximum atomic E-state index is 12.1. The second-order valence-corrected chi connectivity index (χ2v) is 5.39. The molecule has 118 valence electrons. The molecule has 5 nitrogen and oxygen atoms in total. The van der Waals surface area contributed by atoms with Crippen LogP contribution in [0.2, 0.25) is 5.02 Å². The summed E-state index contributed by atoms with van der Waals surface area (Å²) in [5.74, 6) is -0.139. The molecule has 1 aromatic heterocycles. The van der Waals surface area contributed by atoms with E-state index in [-0.39, 0.29) is 5.91 Å². The van der Waals surface area contributed by atoms with Crippen LogP contribution >= 0.6 is 11.6 Å². The largest absolute Gasteiger partial charge is 0.349 e. The first-order valence-electron chi connectivity index (χ1n) is 7.46. The number of carbonyl (C=O) groups is 1. The van der Waals surface area contributed by atoms with E-state index in [1.165, 1.54) is 0 Å². The summed E-state index contributed by atoms with van der Waals surface area (Å²) in [6.45, 7) is 7.65. The van der Waals surface area contributed by atoms with E-state index in [9.17, 15) is 4.79 Å². The number of likely N-dealkylation sites (N-methyl/N-ethyl adjacent to an activating group) is 1. The SMILES string of the molecule is CCN(CC)CCNC(=O)c1cc(-c2ccc(Cl)cc2)n[nH]1. The third-order valence-corrected chi connectivity index (χ3v) is 3.82. The average Bonchev–Trinajstić information content (AvgIpc) is 3.02. The average molecular weight is 321 g/mol. The van der Waals surface area contributed by atoms with Crippen LogP contribution in [0.5, 0.6) is 0 Å². The van der Waals surface area contributed by atoms with Gasteiger partial charge in [0.1, 0.15) is 5.69 Å². The van der Waals surface area contributed by atoms with E-state index in [2.05, 4.69) is 34.3 Å². The number of hydrogen-bond donors (Lipinski definition) is 2. The first-order valence-corrected chi connectivity index (χ1v) is 7.83. The summed E-state index contributed by atoms with van der Waals surface area (Å²) < 4.78 is 0. The Hall–Kier alpha value is -1.85. The van der Waals surface area contributed by atoms with Gasteiger partial charge in [0.25, 0.3) is 5.91 Å². The van der Waals surface area contributed by atoms with Gasteiger partial charge in [0.05, 0.1) is 5.69 Å². The van der Waals surface area contributed by atoms with Crippen molar-refractivity contribution in [3.8, 4) is 11.3 Å². The van der Waals surface area contributed by atoms with Gasteiger partial charge in [-0.25, -0.2) is 0 Å². The molecule has 0 bridgehead atoms. The molecule has 0 fully saturated rings. The molecule has 1 heterocycles. The Balaban J connectivity index is 1.93. The molecular formula is C16H21ClN4O. The molecule has 1 aromatic carbocycles. The first-order chi connectivity index (χ1) is 10.6. The van der Waals surface area contributed by atoms with Crippen molar-refractivity contribution in [1.82, 2.24) is 20.4 Å². The Morgan fingerprint density at radius 2 is 1.95 bits per heavy atom. The summed E-state index contributed by atoms with van der Waals surface area (Å²) >= 11 is 5.87. The van der Waals surface area contributed by atoms with Crippen molar-refractivity contribution < 1.29 is 4.79 Å². The fourth-order valence-corrected chi connectivity index (χ4v) is 2.30. The summed E-state index contributed by atoms with van der Waals surface area (Å²) in [5, 5.41) is 10.5. The lowest BCUT2D eigenvalue weighted by Gasteiger charge is -2.17. The molecule has 0 aliphatic carbocycles. The number of aromatic amines is 1. The number of aromatic nitrogens is 2. The lowest BCUT2D eigenvalue weighted by Crippen LogP contribution is -2.34. The zero-order valence-electron chi connectivity index (χ0n) is 12.9. The molecule has 6 heteroatoms. The number of rotatable bonds is 7. The van der Waals surface area contributed by atoms with E-state index in [0.717, 1.165) is 30.9 Å². The zero-order chi connectivity index (χ0) is 15.9. The molecule has 0 saturated carbocycles. The first kappa shape index (κ1) is 16.5. The second kappa shape index (κ2) is 7.96. The minimum absolute atomic E-state index is 0.139. The topological polar surface area (TPSA) is 61.0 Å². The van der Waals surface area contributed by atoms with Gasteiger partial charge >= 0.3 is 0 Å². The Kier molecular flexibility index (Phi) is 5.98. The van der Waals surface area contributed by atoms with Gasteiger partial charge in [0.2, 0.25) is 0 Å². The van der Waals surface area contributed by atoms with Crippen molar-refractivity contribution >= 4 is 17.5 Å². The molecule has 0 spiro atoms. The highest BCUT2D eigenvalue weighted by molar-refractivity contribution is 6.30. The highest BCUT2D eigenvalue weighted by Gasteiger charge is 2.11. The Labute approximate surface area is 135 Å². The standard InChI is InChI=1S/C16H21ClN4O/c1-3-21(4-2)10-9-18-16(22)15-11-14(19-20-15)12-5-7-13(17)8-6-12/h5-8,11H,3-4,9-10H2,1-2H3,(H,18,22)(H,19,20). The minimum atomic E-state index is -0.139. The number of nitrogens with one attached hydrogen (secondary N) is 2. The highest BCUT2D eigenvalue weighted by Crippen LogP contribution is 2.20. The molecule has 1 amide bonds. The number of carbonyl (C=O) groups excluding carboxylic acids is 1.